The van der Waals surface area contributed by atoms with E-state index in [4.69, 9.17) is 0 Å². The molecule has 0 bridgehead atoms. The molecule has 1 aromatic rings. The van der Waals surface area contributed by atoms with Crippen LogP contribution >= 0.6 is 0 Å². The molecule has 0 spiro atoms. The molecule has 7 nitrogen and oxygen atoms in total. The third kappa shape index (κ3) is 4.51. The monoisotopic (exact) mass is 375 g/mol. The van der Waals surface area contributed by atoms with Crippen LogP contribution in [0.3, 0.4) is 0 Å². The van der Waals surface area contributed by atoms with Crippen molar-refractivity contribution in [3.63, 3.8) is 0 Å². The molecule has 0 aromatic carbocycles. The summed E-state index contributed by atoms with van der Waals surface area (Å²) >= 11 is 0. The van der Waals surface area contributed by atoms with Crippen molar-refractivity contribution in [3.05, 3.63) is 17.0 Å². The molecule has 1 unspecified atom stereocenters. The van der Waals surface area contributed by atoms with Gasteiger partial charge in [-0.3, -0.25) is 19.6 Å². The number of carbonyl (C=O) groups excluding carboxylic acids is 2. The number of aromatic amines is 1. The van der Waals surface area contributed by atoms with Crippen LogP contribution in [0.15, 0.2) is 0 Å². The Labute approximate surface area is 161 Å². The number of rotatable bonds is 6. The lowest BCUT2D eigenvalue weighted by Crippen LogP contribution is -2.57. The fraction of sp³-hybridized carbons (Fsp3) is 0.750. The first-order chi connectivity index (χ1) is 12.9. The molecular weight excluding hydrogens is 342 g/mol. The topological polar surface area (TPSA) is 81.3 Å². The Morgan fingerprint density at radius 3 is 2.74 bits per heavy atom. The van der Waals surface area contributed by atoms with Crippen molar-refractivity contribution in [2.45, 2.75) is 65.5 Å². The number of nitrogens with zero attached hydrogens (tertiary/aromatic N) is 3. The van der Waals surface area contributed by atoms with Crippen LogP contribution < -0.4 is 5.32 Å². The highest BCUT2D eigenvalue weighted by atomic mass is 16.2. The van der Waals surface area contributed by atoms with Crippen LogP contribution in [-0.4, -0.2) is 64.0 Å². The molecule has 1 atom stereocenters. The van der Waals surface area contributed by atoms with E-state index in [1.54, 1.807) is 0 Å². The van der Waals surface area contributed by atoms with E-state index >= 15 is 0 Å². The predicted molar refractivity (Wildman–Crippen MR) is 104 cm³/mol. The second-order valence-corrected chi connectivity index (χ2v) is 8.52. The van der Waals surface area contributed by atoms with Gasteiger partial charge in [0, 0.05) is 43.9 Å². The Balaban J connectivity index is 1.66. The summed E-state index contributed by atoms with van der Waals surface area (Å²) in [7, 11) is 0. The van der Waals surface area contributed by atoms with Crippen LogP contribution in [0.25, 0.3) is 0 Å². The van der Waals surface area contributed by atoms with Crippen LogP contribution in [0.4, 0.5) is 0 Å². The molecule has 1 fully saturated rings. The van der Waals surface area contributed by atoms with Crippen molar-refractivity contribution < 1.29 is 9.59 Å². The van der Waals surface area contributed by atoms with E-state index in [0.717, 1.165) is 42.9 Å². The largest absolute Gasteiger partial charge is 0.353 e. The van der Waals surface area contributed by atoms with Gasteiger partial charge in [0.1, 0.15) is 0 Å². The number of amides is 2. The highest BCUT2D eigenvalue weighted by molar-refractivity contribution is 5.89. The number of H-pyrrole nitrogens is 1. The third-order valence-corrected chi connectivity index (χ3v) is 5.67. The Morgan fingerprint density at radius 2 is 2.04 bits per heavy atom. The van der Waals surface area contributed by atoms with E-state index in [1.165, 1.54) is 0 Å². The van der Waals surface area contributed by atoms with Crippen LogP contribution in [0.5, 0.6) is 0 Å². The maximum absolute atomic E-state index is 13.0. The van der Waals surface area contributed by atoms with Crippen LogP contribution in [0.1, 0.15) is 63.4 Å². The number of nitrogens with one attached hydrogen (secondary N) is 2. The van der Waals surface area contributed by atoms with E-state index in [0.29, 0.717) is 31.5 Å². The zero-order chi connectivity index (χ0) is 19.6. The second-order valence-electron chi connectivity index (χ2n) is 8.52. The van der Waals surface area contributed by atoms with Gasteiger partial charge in [0.05, 0.1) is 18.2 Å². The Kier molecular flexibility index (Phi) is 6.19. The first kappa shape index (κ1) is 19.9. The highest BCUT2D eigenvalue weighted by Crippen LogP contribution is 2.26. The van der Waals surface area contributed by atoms with Gasteiger partial charge in [-0.2, -0.15) is 5.10 Å². The molecule has 0 saturated carbocycles. The average Bonchev–Trinajstić information content (AvgIpc) is 3.05. The lowest BCUT2D eigenvalue weighted by atomic mass is 9.98. The van der Waals surface area contributed by atoms with Crippen molar-refractivity contribution in [2.75, 3.05) is 26.2 Å². The maximum Gasteiger partial charge on any atom is 0.237 e. The summed E-state index contributed by atoms with van der Waals surface area (Å²) in [6, 6.07) is -0.347. The van der Waals surface area contributed by atoms with E-state index in [2.05, 4.69) is 48.1 Å². The SMILES string of the molecule is CC(C)CCN1CCNC(=O)C1CC(=O)N1CCc2[nH]nc(C(C)C)c2C1. The van der Waals surface area contributed by atoms with Gasteiger partial charge in [-0.25, -0.2) is 0 Å². The third-order valence-electron chi connectivity index (χ3n) is 5.67. The van der Waals surface area contributed by atoms with Crippen LogP contribution in [0, 0.1) is 5.92 Å². The van der Waals surface area contributed by atoms with Gasteiger partial charge in [0.2, 0.25) is 11.8 Å². The maximum atomic E-state index is 13.0. The summed E-state index contributed by atoms with van der Waals surface area (Å²) in [6.45, 7) is 12.3. The Bertz CT molecular complexity index is 682. The standard InChI is InChI=1S/C20H33N5O2/c1-13(2)5-8-24-10-7-21-20(27)17(24)11-18(26)25-9-6-16-15(12-25)19(14(3)4)23-22-16/h13-14,17H,5-12H2,1-4H3,(H,21,27)(H,22,23). The zero-order valence-electron chi connectivity index (χ0n) is 17.0. The lowest BCUT2D eigenvalue weighted by molar-refractivity contribution is -0.139. The molecule has 3 rings (SSSR count). The molecule has 150 valence electrons. The number of carbonyl (C=O) groups is 2. The van der Waals surface area contributed by atoms with Crippen LogP contribution in [-0.2, 0) is 22.6 Å². The number of piperazine rings is 1. The van der Waals surface area contributed by atoms with E-state index in [-0.39, 0.29) is 24.3 Å². The minimum Gasteiger partial charge on any atom is -0.353 e. The molecule has 2 amide bonds. The normalized spacial score (nSPS) is 20.9. The van der Waals surface area contributed by atoms with Crippen molar-refractivity contribution in [1.29, 1.82) is 0 Å². The van der Waals surface area contributed by atoms with Gasteiger partial charge in [0.25, 0.3) is 0 Å². The van der Waals surface area contributed by atoms with Gasteiger partial charge in [-0.1, -0.05) is 27.7 Å². The summed E-state index contributed by atoms with van der Waals surface area (Å²) in [5.41, 5.74) is 3.36. The molecule has 27 heavy (non-hydrogen) atoms. The lowest BCUT2D eigenvalue weighted by Gasteiger charge is -2.36. The second kappa shape index (κ2) is 8.42. The Hall–Kier alpha value is -1.89. The predicted octanol–water partition coefficient (Wildman–Crippen LogP) is 1.65. The van der Waals surface area contributed by atoms with Crippen LogP contribution in [0.2, 0.25) is 0 Å². The summed E-state index contributed by atoms with van der Waals surface area (Å²) in [5.74, 6) is 0.966. The van der Waals surface area contributed by atoms with E-state index < -0.39 is 0 Å². The summed E-state index contributed by atoms with van der Waals surface area (Å²) in [5, 5.41) is 10.5. The summed E-state index contributed by atoms with van der Waals surface area (Å²) < 4.78 is 0. The van der Waals surface area contributed by atoms with Gasteiger partial charge in [0.15, 0.2) is 0 Å². The molecule has 3 heterocycles. The molecule has 7 heteroatoms. The fourth-order valence-corrected chi connectivity index (χ4v) is 3.98. The van der Waals surface area contributed by atoms with Crippen molar-refractivity contribution in [1.82, 2.24) is 25.3 Å². The number of fused-ring (bicyclic) bond motifs is 1. The molecule has 2 aliphatic heterocycles. The quantitative estimate of drug-likeness (QED) is 0.792. The van der Waals surface area contributed by atoms with E-state index in [9.17, 15) is 9.59 Å². The first-order valence-electron chi connectivity index (χ1n) is 10.2. The first-order valence-corrected chi connectivity index (χ1v) is 10.2. The fourth-order valence-electron chi connectivity index (χ4n) is 3.98. The molecule has 0 radical (unpaired) electrons. The smallest absolute Gasteiger partial charge is 0.237 e. The minimum absolute atomic E-state index is 0.0118. The van der Waals surface area contributed by atoms with Crippen molar-refractivity contribution in [3.8, 4) is 0 Å². The highest BCUT2D eigenvalue weighted by Gasteiger charge is 2.34. The van der Waals surface area contributed by atoms with Crippen molar-refractivity contribution in [2.24, 2.45) is 5.92 Å². The molecule has 2 aliphatic rings. The van der Waals surface area contributed by atoms with Gasteiger partial charge < -0.3 is 10.2 Å². The molecule has 1 saturated heterocycles. The molecular formula is C20H33N5O2. The van der Waals surface area contributed by atoms with Gasteiger partial charge in [-0.15, -0.1) is 0 Å². The van der Waals surface area contributed by atoms with E-state index in [1.807, 2.05) is 4.90 Å². The van der Waals surface area contributed by atoms with Crippen molar-refractivity contribution >= 4 is 11.8 Å². The summed E-state index contributed by atoms with van der Waals surface area (Å²) in [4.78, 5) is 29.5. The molecule has 1 aromatic heterocycles. The van der Waals surface area contributed by atoms with Gasteiger partial charge >= 0.3 is 0 Å². The minimum atomic E-state index is -0.347. The average molecular weight is 376 g/mol. The zero-order valence-corrected chi connectivity index (χ0v) is 17.0. The summed E-state index contributed by atoms with van der Waals surface area (Å²) in [6.07, 6.45) is 2.10. The molecule has 0 aliphatic carbocycles. The molecule has 2 N–H and O–H groups in total. The number of aromatic nitrogens is 2. The van der Waals surface area contributed by atoms with Gasteiger partial charge in [-0.05, 0) is 24.8 Å². The number of hydrogen-bond donors (Lipinski definition) is 2. The Morgan fingerprint density at radius 1 is 1.26 bits per heavy atom. The number of hydrogen-bond acceptors (Lipinski definition) is 4.